The smallest absolute Gasteiger partial charge is 0.335 e. The normalized spacial score (nSPS) is 8.65. The van der Waals surface area contributed by atoms with Crippen molar-refractivity contribution in [2.24, 2.45) is 0 Å². The summed E-state index contributed by atoms with van der Waals surface area (Å²) in [5, 5.41) is 7.42. The highest BCUT2D eigenvalue weighted by Crippen LogP contribution is 2.25. The zero-order chi connectivity index (χ0) is 13.4. The van der Waals surface area contributed by atoms with E-state index in [1.807, 2.05) is 19.1 Å². The summed E-state index contributed by atoms with van der Waals surface area (Å²) < 4.78 is 5.71. The van der Waals surface area contributed by atoms with Crippen molar-refractivity contribution < 1.29 is 19.4 Å². The van der Waals surface area contributed by atoms with Crippen LogP contribution >= 0.6 is 15.9 Å². The van der Waals surface area contributed by atoms with Gasteiger partial charge in [-0.3, -0.25) is 4.79 Å². The van der Waals surface area contributed by atoms with Crippen LogP contribution in [0.25, 0.3) is 0 Å². The van der Waals surface area contributed by atoms with E-state index in [0.717, 1.165) is 23.0 Å². The number of carbonyl (C=O) groups excluding carboxylic acids is 1. The molecule has 0 aliphatic carbocycles. The first-order chi connectivity index (χ1) is 7.86. The number of hydrogen-bond acceptors (Lipinski definition) is 3. The number of rotatable bonds is 2. The molecule has 0 unspecified atom stereocenters. The molecule has 0 radical (unpaired) electrons. The Morgan fingerprint density at radius 2 is 2.00 bits per heavy atom. The molecular weight excluding hydrogens is 288 g/mol. The number of carboxylic acid groups (broad SMARTS) is 1. The van der Waals surface area contributed by atoms with E-state index < -0.39 is 11.9 Å². The SMILES string of the molecule is C=CC(=O)Oc1ccc(C)cc1Br.CC(=O)O. The fraction of sp³-hybridized carbons (Fsp3) is 0.167. The van der Waals surface area contributed by atoms with Gasteiger partial charge in [0.1, 0.15) is 5.75 Å². The second-order valence-corrected chi connectivity index (χ2v) is 3.93. The van der Waals surface area contributed by atoms with E-state index in [4.69, 9.17) is 14.6 Å². The molecule has 0 fully saturated rings. The number of carbonyl (C=O) groups is 2. The molecule has 0 spiro atoms. The van der Waals surface area contributed by atoms with Crippen LogP contribution in [0.2, 0.25) is 0 Å². The van der Waals surface area contributed by atoms with Crippen LogP contribution in [0.4, 0.5) is 0 Å². The maximum atomic E-state index is 10.9. The van der Waals surface area contributed by atoms with Crippen LogP contribution in [0.1, 0.15) is 12.5 Å². The molecule has 0 saturated carbocycles. The van der Waals surface area contributed by atoms with Gasteiger partial charge in [-0.25, -0.2) is 4.79 Å². The minimum atomic E-state index is -0.833. The summed E-state index contributed by atoms with van der Waals surface area (Å²) >= 11 is 3.29. The second-order valence-electron chi connectivity index (χ2n) is 3.08. The van der Waals surface area contributed by atoms with Gasteiger partial charge in [-0.15, -0.1) is 0 Å². The lowest BCUT2D eigenvalue weighted by molar-refractivity contribution is -0.134. The molecule has 0 aliphatic heterocycles. The largest absolute Gasteiger partial charge is 0.481 e. The van der Waals surface area contributed by atoms with Crippen molar-refractivity contribution in [1.29, 1.82) is 0 Å². The van der Waals surface area contributed by atoms with Gasteiger partial charge in [0.2, 0.25) is 0 Å². The lowest BCUT2D eigenvalue weighted by Crippen LogP contribution is -2.03. The van der Waals surface area contributed by atoms with Gasteiger partial charge in [0.25, 0.3) is 5.97 Å². The molecule has 0 bridgehead atoms. The average Bonchev–Trinajstić information content (AvgIpc) is 2.21. The van der Waals surface area contributed by atoms with E-state index in [0.29, 0.717) is 5.75 Å². The highest BCUT2D eigenvalue weighted by molar-refractivity contribution is 9.10. The molecule has 0 heterocycles. The molecule has 0 atom stereocenters. The minimum Gasteiger partial charge on any atom is -0.481 e. The number of aliphatic carboxylic acids is 1. The van der Waals surface area contributed by atoms with Gasteiger partial charge in [-0.2, -0.15) is 0 Å². The van der Waals surface area contributed by atoms with Gasteiger partial charge in [0, 0.05) is 13.0 Å². The molecular formula is C12H13BrO4. The predicted octanol–water partition coefficient (Wildman–Crippen LogP) is 2.94. The molecule has 1 aromatic rings. The van der Waals surface area contributed by atoms with Gasteiger partial charge in [-0.05, 0) is 40.5 Å². The summed E-state index contributed by atoms with van der Waals surface area (Å²) in [6, 6.07) is 5.49. The number of esters is 1. The molecule has 4 nitrogen and oxygen atoms in total. The first-order valence-electron chi connectivity index (χ1n) is 4.66. The van der Waals surface area contributed by atoms with Gasteiger partial charge < -0.3 is 9.84 Å². The van der Waals surface area contributed by atoms with E-state index in [2.05, 4.69) is 22.5 Å². The molecule has 0 saturated heterocycles. The number of ether oxygens (including phenoxy) is 1. The monoisotopic (exact) mass is 300 g/mol. The summed E-state index contributed by atoms with van der Waals surface area (Å²) in [5.41, 5.74) is 1.10. The Balaban J connectivity index is 0.000000557. The Kier molecular flexibility index (Phi) is 6.89. The van der Waals surface area contributed by atoms with E-state index in [1.54, 1.807) is 6.07 Å². The predicted molar refractivity (Wildman–Crippen MR) is 68.0 cm³/mol. The average molecular weight is 301 g/mol. The summed E-state index contributed by atoms with van der Waals surface area (Å²) in [4.78, 5) is 19.9. The Hall–Kier alpha value is -1.62. The zero-order valence-corrected chi connectivity index (χ0v) is 11.2. The Bertz CT molecular complexity index is 423. The molecule has 92 valence electrons. The summed E-state index contributed by atoms with van der Waals surface area (Å²) in [7, 11) is 0. The van der Waals surface area contributed by atoms with Crippen molar-refractivity contribution in [3.8, 4) is 5.75 Å². The van der Waals surface area contributed by atoms with Crippen molar-refractivity contribution in [1.82, 2.24) is 0 Å². The molecule has 0 amide bonds. The van der Waals surface area contributed by atoms with Crippen LogP contribution in [-0.2, 0) is 9.59 Å². The zero-order valence-electron chi connectivity index (χ0n) is 9.57. The summed E-state index contributed by atoms with van der Waals surface area (Å²) in [6.07, 6.45) is 1.13. The van der Waals surface area contributed by atoms with Crippen LogP contribution in [0.5, 0.6) is 5.75 Å². The van der Waals surface area contributed by atoms with E-state index in [9.17, 15) is 4.79 Å². The maximum Gasteiger partial charge on any atom is 0.335 e. The van der Waals surface area contributed by atoms with Crippen LogP contribution < -0.4 is 4.74 Å². The summed E-state index contributed by atoms with van der Waals surface area (Å²) in [5.74, 6) is -0.778. The van der Waals surface area contributed by atoms with E-state index >= 15 is 0 Å². The Morgan fingerprint density at radius 1 is 1.47 bits per heavy atom. The first kappa shape index (κ1) is 15.4. The quantitative estimate of drug-likeness (QED) is 0.518. The second kappa shape index (κ2) is 7.62. The van der Waals surface area contributed by atoms with Crippen molar-refractivity contribution >= 4 is 27.9 Å². The van der Waals surface area contributed by atoms with Gasteiger partial charge in [-0.1, -0.05) is 12.6 Å². The number of benzene rings is 1. The Morgan fingerprint density at radius 3 is 2.41 bits per heavy atom. The van der Waals surface area contributed by atoms with Crippen molar-refractivity contribution in [3.05, 3.63) is 40.9 Å². The highest BCUT2D eigenvalue weighted by Gasteiger charge is 2.03. The molecule has 17 heavy (non-hydrogen) atoms. The molecule has 5 heteroatoms. The summed E-state index contributed by atoms with van der Waals surface area (Å²) in [6.45, 7) is 6.36. The van der Waals surface area contributed by atoms with Crippen molar-refractivity contribution in [2.75, 3.05) is 0 Å². The van der Waals surface area contributed by atoms with Gasteiger partial charge in [0.15, 0.2) is 0 Å². The van der Waals surface area contributed by atoms with E-state index in [1.165, 1.54) is 0 Å². The third kappa shape index (κ3) is 7.30. The Labute approximate surface area is 108 Å². The number of halogens is 1. The maximum absolute atomic E-state index is 10.9. The van der Waals surface area contributed by atoms with Crippen LogP contribution in [0.3, 0.4) is 0 Å². The van der Waals surface area contributed by atoms with Crippen molar-refractivity contribution in [3.63, 3.8) is 0 Å². The van der Waals surface area contributed by atoms with Crippen LogP contribution in [0, 0.1) is 6.92 Å². The van der Waals surface area contributed by atoms with E-state index in [-0.39, 0.29) is 0 Å². The number of hydrogen-bond donors (Lipinski definition) is 1. The molecule has 0 aromatic heterocycles. The molecule has 1 rings (SSSR count). The van der Waals surface area contributed by atoms with Crippen LogP contribution in [-0.4, -0.2) is 17.0 Å². The van der Waals surface area contributed by atoms with Crippen LogP contribution in [0.15, 0.2) is 35.3 Å². The van der Waals surface area contributed by atoms with Crippen molar-refractivity contribution in [2.45, 2.75) is 13.8 Å². The number of carboxylic acids is 1. The standard InChI is InChI=1S/C10H9BrO2.C2H4O2/c1-3-10(12)13-9-5-4-7(2)6-8(9)11;1-2(3)4/h3-6H,1H2,2H3;1H3,(H,3,4). The first-order valence-corrected chi connectivity index (χ1v) is 5.46. The minimum absolute atomic E-state index is 0.454. The van der Waals surface area contributed by atoms with Gasteiger partial charge in [0.05, 0.1) is 4.47 Å². The fourth-order valence-electron chi connectivity index (χ4n) is 0.839. The fourth-order valence-corrected chi connectivity index (χ4v) is 1.41. The third-order valence-electron chi connectivity index (χ3n) is 1.46. The molecule has 1 aromatic carbocycles. The lowest BCUT2D eigenvalue weighted by Gasteiger charge is -2.04. The number of aryl methyl sites for hydroxylation is 1. The van der Waals surface area contributed by atoms with Gasteiger partial charge >= 0.3 is 5.97 Å². The highest BCUT2D eigenvalue weighted by atomic mass is 79.9. The molecule has 0 aliphatic rings. The molecule has 1 N–H and O–H groups in total. The third-order valence-corrected chi connectivity index (χ3v) is 2.08. The topological polar surface area (TPSA) is 63.6 Å². The lowest BCUT2D eigenvalue weighted by atomic mass is 10.2.